The van der Waals surface area contributed by atoms with Crippen molar-refractivity contribution >= 4 is 0 Å². The third kappa shape index (κ3) is 5.28. The first-order valence-electron chi connectivity index (χ1n) is 6.96. The number of piperidine rings is 1. The summed E-state index contributed by atoms with van der Waals surface area (Å²) in [6, 6.07) is 0.427. The second-order valence-electron chi connectivity index (χ2n) is 4.94. The molecule has 1 aliphatic rings. The lowest BCUT2D eigenvalue weighted by Crippen LogP contribution is -2.43. The molecular formula is C13H29N3. The molecule has 3 heteroatoms. The predicted molar refractivity (Wildman–Crippen MR) is 70.7 cm³/mol. The third-order valence-electron chi connectivity index (χ3n) is 3.64. The van der Waals surface area contributed by atoms with Gasteiger partial charge in [-0.05, 0) is 58.4 Å². The van der Waals surface area contributed by atoms with Gasteiger partial charge in [0.1, 0.15) is 0 Å². The highest BCUT2D eigenvalue weighted by molar-refractivity contribution is 4.74. The maximum Gasteiger partial charge on any atom is 0.0168 e. The Labute approximate surface area is 101 Å². The maximum atomic E-state index is 5.97. The standard InChI is InChI=1S/C13H29N3/c1-3-15(4-2)9-5-6-10-16-11-7-8-13(14)12-16/h13H,3-12,14H2,1-2H3/t13-/m0/s1. The Morgan fingerprint density at radius 1 is 1.25 bits per heavy atom. The minimum atomic E-state index is 0.427. The Kier molecular flexibility index (Phi) is 7.01. The second-order valence-corrected chi connectivity index (χ2v) is 4.94. The van der Waals surface area contributed by atoms with Crippen LogP contribution in [-0.4, -0.2) is 55.1 Å². The summed E-state index contributed by atoms with van der Waals surface area (Å²) in [5.41, 5.74) is 5.97. The molecule has 0 aromatic heterocycles. The molecule has 0 saturated carbocycles. The number of hydrogen-bond acceptors (Lipinski definition) is 3. The molecule has 1 saturated heterocycles. The molecule has 0 aromatic rings. The summed E-state index contributed by atoms with van der Waals surface area (Å²) in [7, 11) is 0. The van der Waals surface area contributed by atoms with Crippen molar-refractivity contribution in [2.75, 3.05) is 39.3 Å². The normalized spacial score (nSPS) is 22.9. The quantitative estimate of drug-likeness (QED) is 0.670. The fraction of sp³-hybridized carbons (Fsp3) is 1.00. The van der Waals surface area contributed by atoms with Gasteiger partial charge in [-0.2, -0.15) is 0 Å². The van der Waals surface area contributed by atoms with Crippen molar-refractivity contribution in [1.82, 2.24) is 9.80 Å². The Balaban J connectivity index is 2.02. The molecule has 0 spiro atoms. The third-order valence-corrected chi connectivity index (χ3v) is 3.64. The summed E-state index contributed by atoms with van der Waals surface area (Å²) < 4.78 is 0. The van der Waals surface area contributed by atoms with Gasteiger partial charge in [-0.15, -0.1) is 0 Å². The molecule has 1 fully saturated rings. The van der Waals surface area contributed by atoms with E-state index in [0.29, 0.717) is 6.04 Å². The highest BCUT2D eigenvalue weighted by Gasteiger charge is 2.15. The number of likely N-dealkylation sites (tertiary alicyclic amines) is 1. The number of nitrogens with zero attached hydrogens (tertiary/aromatic N) is 2. The summed E-state index contributed by atoms with van der Waals surface area (Å²) in [4.78, 5) is 5.04. The second kappa shape index (κ2) is 8.04. The lowest BCUT2D eigenvalue weighted by atomic mass is 10.1. The van der Waals surface area contributed by atoms with Crippen molar-refractivity contribution in [3.8, 4) is 0 Å². The van der Waals surface area contributed by atoms with E-state index in [9.17, 15) is 0 Å². The fourth-order valence-electron chi connectivity index (χ4n) is 2.51. The molecule has 1 heterocycles. The van der Waals surface area contributed by atoms with E-state index in [-0.39, 0.29) is 0 Å². The van der Waals surface area contributed by atoms with Crippen molar-refractivity contribution in [3.63, 3.8) is 0 Å². The lowest BCUT2D eigenvalue weighted by Gasteiger charge is -2.30. The van der Waals surface area contributed by atoms with E-state index in [1.165, 1.54) is 58.4 Å². The molecule has 0 amide bonds. The molecule has 1 aliphatic heterocycles. The maximum absolute atomic E-state index is 5.97. The van der Waals surface area contributed by atoms with Gasteiger partial charge < -0.3 is 15.5 Å². The molecule has 0 aliphatic carbocycles. The topological polar surface area (TPSA) is 32.5 Å². The van der Waals surface area contributed by atoms with Gasteiger partial charge in [0.05, 0.1) is 0 Å². The van der Waals surface area contributed by atoms with Crippen molar-refractivity contribution in [3.05, 3.63) is 0 Å². The molecular weight excluding hydrogens is 198 g/mol. The first-order chi connectivity index (χ1) is 7.76. The van der Waals surface area contributed by atoms with Gasteiger partial charge in [-0.3, -0.25) is 0 Å². The minimum Gasteiger partial charge on any atom is -0.327 e. The summed E-state index contributed by atoms with van der Waals surface area (Å²) in [5, 5.41) is 0. The van der Waals surface area contributed by atoms with Crippen LogP contribution in [0.4, 0.5) is 0 Å². The monoisotopic (exact) mass is 227 g/mol. The molecule has 2 N–H and O–H groups in total. The van der Waals surface area contributed by atoms with Crippen LogP contribution >= 0.6 is 0 Å². The van der Waals surface area contributed by atoms with Crippen molar-refractivity contribution in [2.24, 2.45) is 5.73 Å². The largest absolute Gasteiger partial charge is 0.327 e. The van der Waals surface area contributed by atoms with Crippen LogP contribution in [0.2, 0.25) is 0 Å². The zero-order valence-electron chi connectivity index (χ0n) is 11.1. The van der Waals surface area contributed by atoms with Crippen LogP contribution in [0.1, 0.15) is 39.5 Å². The van der Waals surface area contributed by atoms with Gasteiger partial charge in [-0.1, -0.05) is 13.8 Å². The van der Waals surface area contributed by atoms with Crippen LogP contribution in [0.25, 0.3) is 0 Å². The van der Waals surface area contributed by atoms with Crippen LogP contribution < -0.4 is 5.73 Å². The number of hydrogen-bond donors (Lipinski definition) is 1. The summed E-state index contributed by atoms with van der Waals surface area (Å²) in [5.74, 6) is 0. The molecule has 1 rings (SSSR count). The highest BCUT2D eigenvalue weighted by Crippen LogP contribution is 2.09. The van der Waals surface area contributed by atoms with Gasteiger partial charge in [0.15, 0.2) is 0 Å². The lowest BCUT2D eigenvalue weighted by molar-refractivity contribution is 0.200. The SMILES string of the molecule is CCN(CC)CCCCN1CCC[C@H](N)C1. The van der Waals surface area contributed by atoms with Gasteiger partial charge in [0.2, 0.25) is 0 Å². The average molecular weight is 227 g/mol. The zero-order valence-corrected chi connectivity index (χ0v) is 11.1. The Morgan fingerprint density at radius 3 is 2.62 bits per heavy atom. The van der Waals surface area contributed by atoms with Crippen LogP contribution in [0.15, 0.2) is 0 Å². The van der Waals surface area contributed by atoms with Crippen LogP contribution in [0.3, 0.4) is 0 Å². The van der Waals surface area contributed by atoms with E-state index in [2.05, 4.69) is 23.6 Å². The first kappa shape index (κ1) is 13.9. The van der Waals surface area contributed by atoms with E-state index in [4.69, 9.17) is 5.73 Å². The van der Waals surface area contributed by atoms with E-state index in [0.717, 1.165) is 6.54 Å². The summed E-state index contributed by atoms with van der Waals surface area (Å²) in [6.45, 7) is 11.7. The Bertz CT molecular complexity index is 169. The Morgan fingerprint density at radius 2 is 2.00 bits per heavy atom. The molecule has 96 valence electrons. The van der Waals surface area contributed by atoms with Crippen molar-refractivity contribution in [1.29, 1.82) is 0 Å². The zero-order chi connectivity index (χ0) is 11.8. The molecule has 0 aromatic carbocycles. The van der Waals surface area contributed by atoms with Crippen LogP contribution in [0.5, 0.6) is 0 Å². The van der Waals surface area contributed by atoms with Crippen molar-refractivity contribution in [2.45, 2.75) is 45.6 Å². The molecule has 0 radical (unpaired) electrons. The smallest absolute Gasteiger partial charge is 0.0168 e. The van der Waals surface area contributed by atoms with Gasteiger partial charge >= 0.3 is 0 Å². The van der Waals surface area contributed by atoms with E-state index in [1.807, 2.05) is 0 Å². The number of unbranched alkanes of at least 4 members (excludes halogenated alkanes) is 1. The number of nitrogens with two attached hydrogens (primary N) is 1. The summed E-state index contributed by atoms with van der Waals surface area (Å²) >= 11 is 0. The van der Waals surface area contributed by atoms with Crippen LogP contribution in [-0.2, 0) is 0 Å². The molecule has 16 heavy (non-hydrogen) atoms. The van der Waals surface area contributed by atoms with E-state index < -0.39 is 0 Å². The highest BCUT2D eigenvalue weighted by atomic mass is 15.1. The van der Waals surface area contributed by atoms with Crippen LogP contribution in [0, 0.1) is 0 Å². The number of rotatable bonds is 7. The molecule has 3 nitrogen and oxygen atoms in total. The fourth-order valence-corrected chi connectivity index (χ4v) is 2.51. The van der Waals surface area contributed by atoms with E-state index >= 15 is 0 Å². The Hall–Kier alpha value is -0.120. The molecule has 0 bridgehead atoms. The van der Waals surface area contributed by atoms with Gasteiger partial charge in [-0.25, -0.2) is 0 Å². The minimum absolute atomic E-state index is 0.427. The van der Waals surface area contributed by atoms with Crippen molar-refractivity contribution < 1.29 is 0 Å². The molecule has 1 atom stereocenters. The van der Waals surface area contributed by atoms with E-state index in [1.54, 1.807) is 0 Å². The molecule has 0 unspecified atom stereocenters. The summed E-state index contributed by atoms with van der Waals surface area (Å²) in [6.07, 6.45) is 5.16. The predicted octanol–water partition coefficient (Wildman–Crippen LogP) is 1.53. The van der Waals surface area contributed by atoms with Gasteiger partial charge in [0, 0.05) is 12.6 Å². The first-order valence-corrected chi connectivity index (χ1v) is 6.96. The average Bonchev–Trinajstić information content (AvgIpc) is 2.29. The van der Waals surface area contributed by atoms with Gasteiger partial charge in [0.25, 0.3) is 0 Å².